The number of amides is 1. The van der Waals surface area contributed by atoms with Crippen molar-refractivity contribution in [3.8, 4) is 5.75 Å². The Balaban J connectivity index is 0.00000225. The molecule has 146 valence electrons. The fourth-order valence-electron chi connectivity index (χ4n) is 3.51. The molecule has 1 atom stereocenters. The summed E-state index contributed by atoms with van der Waals surface area (Å²) in [6, 6.07) is 17.2. The highest BCUT2D eigenvalue weighted by Gasteiger charge is 2.29. The topological polar surface area (TPSA) is 67.6 Å². The number of ether oxygens (including phenoxy) is 1. The third kappa shape index (κ3) is 3.68. The van der Waals surface area contributed by atoms with Crippen molar-refractivity contribution in [1.82, 2.24) is 0 Å². The van der Waals surface area contributed by atoms with Crippen LogP contribution < -0.4 is 20.7 Å². The SMILES string of the molecule is COc1ccc2cc(Br)ccc2c1CN1C(=O)[C@@H](N)CNc2ccccc21.Cl. The number of rotatable bonds is 3. The van der Waals surface area contributed by atoms with Gasteiger partial charge in [0.2, 0.25) is 5.91 Å². The van der Waals surface area contributed by atoms with Gasteiger partial charge in [0.05, 0.1) is 25.0 Å². The summed E-state index contributed by atoms with van der Waals surface area (Å²) in [4.78, 5) is 14.8. The zero-order chi connectivity index (χ0) is 19.0. The van der Waals surface area contributed by atoms with Crippen LogP contribution in [0.1, 0.15) is 5.56 Å². The predicted molar refractivity (Wildman–Crippen MR) is 120 cm³/mol. The van der Waals surface area contributed by atoms with Gasteiger partial charge in [-0.1, -0.05) is 40.2 Å². The van der Waals surface area contributed by atoms with Crippen LogP contribution in [0, 0.1) is 0 Å². The van der Waals surface area contributed by atoms with Crippen LogP contribution in [-0.4, -0.2) is 25.6 Å². The van der Waals surface area contributed by atoms with Crippen LogP contribution >= 0.6 is 28.3 Å². The zero-order valence-corrected chi connectivity index (χ0v) is 17.7. The molecule has 0 spiro atoms. The van der Waals surface area contributed by atoms with E-state index in [1.165, 1.54) is 0 Å². The molecular weight excluding hydrogens is 442 g/mol. The maximum atomic E-state index is 13.0. The summed E-state index contributed by atoms with van der Waals surface area (Å²) in [6.45, 7) is 0.791. The fourth-order valence-corrected chi connectivity index (χ4v) is 3.88. The van der Waals surface area contributed by atoms with Crippen LogP contribution in [0.3, 0.4) is 0 Å². The van der Waals surface area contributed by atoms with Gasteiger partial charge >= 0.3 is 0 Å². The molecule has 1 aliphatic rings. The Kier molecular flexibility index (Phi) is 6.13. The number of carbonyl (C=O) groups is 1. The normalized spacial score (nSPS) is 16.0. The molecule has 0 saturated carbocycles. The number of nitrogens with zero attached hydrogens (tertiary/aromatic N) is 1. The largest absolute Gasteiger partial charge is 0.496 e. The van der Waals surface area contributed by atoms with E-state index in [1.54, 1.807) is 12.0 Å². The lowest BCUT2D eigenvalue weighted by atomic mass is 10.0. The van der Waals surface area contributed by atoms with E-state index in [1.807, 2.05) is 48.5 Å². The third-order valence-corrected chi connectivity index (χ3v) is 5.37. The van der Waals surface area contributed by atoms with E-state index in [4.69, 9.17) is 10.5 Å². The van der Waals surface area contributed by atoms with E-state index in [0.717, 1.165) is 37.9 Å². The van der Waals surface area contributed by atoms with Gasteiger partial charge in [-0.3, -0.25) is 4.79 Å². The second-order valence-electron chi connectivity index (χ2n) is 6.54. The Labute approximate surface area is 178 Å². The van der Waals surface area contributed by atoms with Crippen molar-refractivity contribution in [3.05, 3.63) is 64.6 Å². The summed E-state index contributed by atoms with van der Waals surface area (Å²) in [5.41, 5.74) is 8.80. The highest BCUT2D eigenvalue weighted by atomic mass is 79.9. The van der Waals surface area contributed by atoms with Crippen LogP contribution in [0.5, 0.6) is 5.75 Å². The Morgan fingerprint density at radius 2 is 2.00 bits per heavy atom. The van der Waals surface area contributed by atoms with Gasteiger partial charge < -0.3 is 20.7 Å². The van der Waals surface area contributed by atoms with Gasteiger partial charge in [0.15, 0.2) is 0 Å². The molecule has 0 aliphatic carbocycles. The van der Waals surface area contributed by atoms with Crippen molar-refractivity contribution in [2.45, 2.75) is 12.6 Å². The lowest BCUT2D eigenvalue weighted by Gasteiger charge is -2.25. The second kappa shape index (κ2) is 8.39. The summed E-state index contributed by atoms with van der Waals surface area (Å²) in [6.07, 6.45) is 0. The van der Waals surface area contributed by atoms with Crippen molar-refractivity contribution in [3.63, 3.8) is 0 Å². The Morgan fingerprint density at radius 3 is 2.79 bits per heavy atom. The standard InChI is InChI=1S/C21H20BrN3O2.ClH/c1-27-20-9-6-13-10-14(22)7-8-15(13)16(20)12-25-19-5-3-2-4-18(19)24-11-17(23)21(25)26;/h2-10,17,24H,11-12,23H2,1H3;1H/t17-;/m0./s1. The van der Waals surface area contributed by atoms with E-state index in [9.17, 15) is 4.79 Å². The molecule has 0 bridgehead atoms. The molecule has 1 amide bonds. The van der Waals surface area contributed by atoms with Crippen LogP contribution in [0.25, 0.3) is 10.8 Å². The molecule has 0 radical (unpaired) electrons. The van der Waals surface area contributed by atoms with E-state index >= 15 is 0 Å². The first-order valence-corrected chi connectivity index (χ1v) is 9.53. The Bertz CT molecular complexity index is 1030. The summed E-state index contributed by atoms with van der Waals surface area (Å²) in [5, 5.41) is 5.40. The predicted octanol–water partition coefficient (Wildman–Crippen LogP) is 4.32. The maximum Gasteiger partial charge on any atom is 0.246 e. The zero-order valence-electron chi connectivity index (χ0n) is 15.3. The van der Waals surface area contributed by atoms with Crippen molar-refractivity contribution in [1.29, 1.82) is 0 Å². The number of nitrogens with two attached hydrogens (primary N) is 1. The molecule has 4 rings (SSSR count). The molecule has 0 unspecified atom stereocenters. The monoisotopic (exact) mass is 461 g/mol. The average Bonchev–Trinajstić information content (AvgIpc) is 2.80. The number of hydrogen-bond acceptors (Lipinski definition) is 4. The lowest BCUT2D eigenvalue weighted by Crippen LogP contribution is -2.45. The van der Waals surface area contributed by atoms with Gasteiger partial charge in [0.25, 0.3) is 0 Å². The molecule has 5 nitrogen and oxygen atoms in total. The molecule has 1 aliphatic heterocycles. The molecule has 3 N–H and O–H groups in total. The van der Waals surface area contributed by atoms with Gasteiger partial charge in [-0.05, 0) is 41.1 Å². The van der Waals surface area contributed by atoms with E-state index in [-0.39, 0.29) is 18.3 Å². The van der Waals surface area contributed by atoms with Crippen LogP contribution in [0.4, 0.5) is 11.4 Å². The molecule has 28 heavy (non-hydrogen) atoms. The van der Waals surface area contributed by atoms with E-state index < -0.39 is 6.04 Å². The summed E-state index contributed by atoms with van der Waals surface area (Å²) in [5.74, 6) is 0.643. The van der Waals surface area contributed by atoms with Gasteiger partial charge in [-0.15, -0.1) is 12.4 Å². The number of methoxy groups -OCH3 is 1. The molecular formula is C21H21BrClN3O2. The lowest BCUT2D eigenvalue weighted by molar-refractivity contribution is -0.119. The van der Waals surface area contributed by atoms with Crippen molar-refractivity contribution in [2.24, 2.45) is 5.73 Å². The minimum absolute atomic E-state index is 0. The number of hydrogen-bond donors (Lipinski definition) is 2. The van der Waals surface area contributed by atoms with Gasteiger partial charge in [0.1, 0.15) is 11.8 Å². The molecule has 3 aromatic carbocycles. The average molecular weight is 463 g/mol. The minimum Gasteiger partial charge on any atom is -0.496 e. The van der Waals surface area contributed by atoms with Gasteiger partial charge in [0, 0.05) is 16.6 Å². The molecule has 0 aromatic heterocycles. The first kappa shape index (κ1) is 20.5. The van der Waals surface area contributed by atoms with Crippen molar-refractivity contribution in [2.75, 3.05) is 23.9 Å². The molecule has 0 saturated heterocycles. The number of benzene rings is 3. The number of nitrogens with one attached hydrogen (secondary N) is 1. The van der Waals surface area contributed by atoms with Crippen LogP contribution in [-0.2, 0) is 11.3 Å². The quantitative estimate of drug-likeness (QED) is 0.608. The number of anilines is 2. The van der Waals surface area contributed by atoms with Gasteiger partial charge in [-0.2, -0.15) is 0 Å². The summed E-state index contributed by atoms with van der Waals surface area (Å²) < 4.78 is 6.62. The summed E-state index contributed by atoms with van der Waals surface area (Å²) >= 11 is 3.52. The Hall–Kier alpha value is -2.28. The van der Waals surface area contributed by atoms with Crippen molar-refractivity contribution < 1.29 is 9.53 Å². The fraction of sp³-hybridized carbons (Fsp3) is 0.190. The van der Waals surface area contributed by atoms with Gasteiger partial charge in [-0.25, -0.2) is 0 Å². The number of fused-ring (bicyclic) bond motifs is 2. The molecule has 0 fully saturated rings. The van der Waals surface area contributed by atoms with E-state index in [0.29, 0.717) is 13.1 Å². The smallest absolute Gasteiger partial charge is 0.246 e. The molecule has 7 heteroatoms. The first-order valence-electron chi connectivity index (χ1n) is 8.73. The van der Waals surface area contributed by atoms with Crippen molar-refractivity contribution >= 4 is 56.4 Å². The third-order valence-electron chi connectivity index (χ3n) is 4.88. The number of halogens is 2. The van der Waals surface area contributed by atoms with Crippen LogP contribution in [0.2, 0.25) is 0 Å². The maximum absolute atomic E-state index is 13.0. The second-order valence-corrected chi connectivity index (χ2v) is 7.46. The van der Waals surface area contributed by atoms with Crippen LogP contribution in [0.15, 0.2) is 59.1 Å². The highest BCUT2D eigenvalue weighted by molar-refractivity contribution is 9.10. The molecule has 1 heterocycles. The number of para-hydroxylation sites is 2. The minimum atomic E-state index is -0.604. The highest BCUT2D eigenvalue weighted by Crippen LogP contribution is 2.35. The molecule has 3 aromatic rings. The van der Waals surface area contributed by atoms with E-state index in [2.05, 4.69) is 27.3 Å². The summed E-state index contributed by atoms with van der Waals surface area (Å²) in [7, 11) is 1.65. The Morgan fingerprint density at radius 1 is 1.21 bits per heavy atom. The first-order chi connectivity index (χ1) is 13.1. The number of carbonyl (C=O) groups excluding carboxylic acids is 1.